The van der Waals surface area contributed by atoms with Gasteiger partial charge in [0.05, 0.1) is 16.9 Å². The fourth-order valence-corrected chi connectivity index (χ4v) is 2.64. The van der Waals surface area contributed by atoms with E-state index in [4.69, 9.17) is 10.7 Å². The highest BCUT2D eigenvalue weighted by molar-refractivity contribution is 5.87. The van der Waals surface area contributed by atoms with Crippen LogP contribution in [0.1, 0.15) is 0 Å². The normalized spacial score (nSPS) is 10.8. The molecule has 4 rings (SSSR count). The summed E-state index contributed by atoms with van der Waals surface area (Å²) in [6.45, 7) is 0. The first-order valence-corrected chi connectivity index (χ1v) is 7.46. The van der Waals surface area contributed by atoms with Gasteiger partial charge in [-0.25, -0.2) is 4.98 Å². The van der Waals surface area contributed by atoms with E-state index in [2.05, 4.69) is 28.5 Å². The predicted octanol–water partition coefficient (Wildman–Crippen LogP) is 4.56. The maximum atomic E-state index is 5.98. The first-order valence-electron chi connectivity index (χ1n) is 7.46. The summed E-state index contributed by atoms with van der Waals surface area (Å²) in [4.78, 5) is 7.88. The molecule has 0 saturated carbocycles. The van der Waals surface area contributed by atoms with Gasteiger partial charge in [0.25, 0.3) is 0 Å². The van der Waals surface area contributed by atoms with E-state index in [0.717, 1.165) is 39.4 Å². The minimum absolute atomic E-state index is 0.739. The lowest BCUT2D eigenvalue weighted by atomic mass is 10.1. The van der Waals surface area contributed by atoms with E-state index < -0.39 is 0 Å². The van der Waals surface area contributed by atoms with Gasteiger partial charge in [-0.2, -0.15) is 0 Å². The van der Waals surface area contributed by atoms with Gasteiger partial charge in [-0.15, -0.1) is 0 Å². The Balaban J connectivity index is 1.74. The zero-order valence-electron chi connectivity index (χ0n) is 12.5. The Kier molecular flexibility index (Phi) is 3.20. The SMILES string of the molecule is Nc1cc[nH]c1-c1ccc2ccc(Nc3ccccc3)nc2c1. The quantitative estimate of drug-likeness (QED) is 0.520. The number of aromatic amines is 1. The van der Waals surface area contributed by atoms with E-state index in [0.29, 0.717) is 0 Å². The second kappa shape index (κ2) is 5.50. The maximum Gasteiger partial charge on any atom is 0.131 e. The highest BCUT2D eigenvalue weighted by Crippen LogP contribution is 2.27. The van der Waals surface area contributed by atoms with Gasteiger partial charge in [-0.1, -0.05) is 30.3 Å². The van der Waals surface area contributed by atoms with Gasteiger partial charge in [-0.3, -0.25) is 0 Å². The van der Waals surface area contributed by atoms with Crippen LogP contribution < -0.4 is 11.1 Å². The maximum absolute atomic E-state index is 5.98. The average molecular weight is 300 g/mol. The molecule has 4 aromatic rings. The van der Waals surface area contributed by atoms with E-state index in [1.807, 2.05) is 54.7 Å². The Morgan fingerprint density at radius 3 is 2.52 bits per heavy atom. The molecule has 4 nitrogen and oxygen atoms in total. The fourth-order valence-electron chi connectivity index (χ4n) is 2.64. The smallest absolute Gasteiger partial charge is 0.131 e. The number of aromatic nitrogens is 2. The number of hydrogen-bond acceptors (Lipinski definition) is 3. The van der Waals surface area contributed by atoms with Gasteiger partial charge in [0.15, 0.2) is 0 Å². The zero-order valence-corrected chi connectivity index (χ0v) is 12.5. The van der Waals surface area contributed by atoms with Gasteiger partial charge in [0, 0.05) is 22.8 Å². The van der Waals surface area contributed by atoms with Gasteiger partial charge < -0.3 is 16.0 Å². The standard InChI is InChI=1S/C19H16N4/c20-16-10-11-21-19(16)14-7-6-13-8-9-18(23-17(13)12-14)22-15-4-2-1-3-5-15/h1-12,21H,20H2,(H,22,23). The summed E-state index contributed by atoms with van der Waals surface area (Å²) in [6.07, 6.45) is 1.84. The number of nitrogens with two attached hydrogens (primary N) is 1. The van der Waals surface area contributed by atoms with Crippen LogP contribution in [0, 0.1) is 0 Å². The minimum atomic E-state index is 0.739. The summed E-state index contributed by atoms with van der Waals surface area (Å²) in [7, 11) is 0. The highest BCUT2D eigenvalue weighted by atomic mass is 15.0. The number of nitrogens with one attached hydrogen (secondary N) is 2. The number of nitrogens with zero attached hydrogens (tertiary/aromatic N) is 1. The van der Waals surface area contributed by atoms with E-state index >= 15 is 0 Å². The van der Waals surface area contributed by atoms with Crippen LogP contribution in [-0.2, 0) is 0 Å². The Bertz CT molecular complexity index is 957. The molecule has 0 unspecified atom stereocenters. The molecule has 2 aromatic carbocycles. The molecule has 2 heterocycles. The third-order valence-corrected chi connectivity index (χ3v) is 3.81. The van der Waals surface area contributed by atoms with Crippen LogP contribution in [0.5, 0.6) is 0 Å². The monoisotopic (exact) mass is 300 g/mol. The van der Waals surface area contributed by atoms with Crippen LogP contribution in [0.4, 0.5) is 17.2 Å². The number of pyridine rings is 1. The first-order chi connectivity index (χ1) is 11.3. The molecule has 0 atom stereocenters. The Labute approximate surface area is 134 Å². The van der Waals surface area contributed by atoms with Gasteiger partial charge >= 0.3 is 0 Å². The van der Waals surface area contributed by atoms with Gasteiger partial charge in [0.2, 0.25) is 0 Å². The number of nitrogen functional groups attached to an aromatic ring is 1. The van der Waals surface area contributed by atoms with Crippen molar-refractivity contribution in [2.24, 2.45) is 0 Å². The fraction of sp³-hybridized carbons (Fsp3) is 0. The third kappa shape index (κ3) is 2.62. The highest BCUT2D eigenvalue weighted by Gasteiger charge is 2.06. The van der Waals surface area contributed by atoms with Crippen LogP contribution in [0.25, 0.3) is 22.2 Å². The molecule has 23 heavy (non-hydrogen) atoms. The summed E-state index contributed by atoms with van der Waals surface area (Å²) in [5, 5.41) is 4.41. The van der Waals surface area contributed by atoms with Crippen molar-refractivity contribution in [3.63, 3.8) is 0 Å². The molecule has 0 aliphatic heterocycles. The molecule has 0 fully saturated rings. The van der Waals surface area contributed by atoms with Crippen LogP contribution >= 0.6 is 0 Å². The van der Waals surface area contributed by atoms with Crippen molar-refractivity contribution >= 4 is 28.1 Å². The molecule has 2 aromatic heterocycles. The molecular formula is C19H16N4. The molecule has 0 radical (unpaired) electrons. The number of fused-ring (bicyclic) bond motifs is 1. The number of anilines is 3. The number of para-hydroxylation sites is 1. The van der Waals surface area contributed by atoms with Crippen molar-refractivity contribution in [1.29, 1.82) is 0 Å². The van der Waals surface area contributed by atoms with Crippen LogP contribution in [-0.4, -0.2) is 9.97 Å². The second-order valence-corrected chi connectivity index (χ2v) is 5.40. The lowest BCUT2D eigenvalue weighted by molar-refractivity contribution is 1.36. The largest absolute Gasteiger partial charge is 0.397 e. The third-order valence-electron chi connectivity index (χ3n) is 3.81. The lowest BCUT2D eigenvalue weighted by Crippen LogP contribution is -1.94. The van der Waals surface area contributed by atoms with Crippen LogP contribution in [0.2, 0.25) is 0 Å². The van der Waals surface area contributed by atoms with Crippen molar-refractivity contribution in [1.82, 2.24) is 9.97 Å². The Morgan fingerprint density at radius 2 is 1.74 bits per heavy atom. The zero-order chi connectivity index (χ0) is 15.6. The van der Waals surface area contributed by atoms with Crippen molar-refractivity contribution in [2.75, 3.05) is 11.1 Å². The molecule has 0 spiro atoms. The molecular weight excluding hydrogens is 284 g/mol. The van der Waals surface area contributed by atoms with Crippen molar-refractivity contribution in [2.45, 2.75) is 0 Å². The number of rotatable bonds is 3. The van der Waals surface area contributed by atoms with Crippen LogP contribution in [0.3, 0.4) is 0 Å². The van der Waals surface area contributed by atoms with Gasteiger partial charge in [-0.05, 0) is 36.4 Å². The summed E-state index contributed by atoms with van der Waals surface area (Å²) in [6, 6.07) is 22.1. The molecule has 0 amide bonds. The number of benzene rings is 2. The molecule has 4 N–H and O–H groups in total. The van der Waals surface area contributed by atoms with Crippen molar-refractivity contribution in [3.8, 4) is 11.3 Å². The Morgan fingerprint density at radius 1 is 0.913 bits per heavy atom. The number of hydrogen-bond donors (Lipinski definition) is 3. The second-order valence-electron chi connectivity index (χ2n) is 5.40. The lowest BCUT2D eigenvalue weighted by Gasteiger charge is -2.08. The topological polar surface area (TPSA) is 66.7 Å². The average Bonchev–Trinajstić information content (AvgIpc) is 3.01. The summed E-state index contributed by atoms with van der Waals surface area (Å²) in [5.41, 5.74) is 10.6. The first kappa shape index (κ1) is 13.4. The van der Waals surface area contributed by atoms with Crippen molar-refractivity contribution < 1.29 is 0 Å². The molecule has 0 bridgehead atoms. The molecule has 0 aliphatic rings. The summed E-state index contributed by atoms with van der Waals surface area (Å²) < 4.78 is 0. The van der Waals surface area contributed by atoms with Crippen molar-refractivity contribution in [3.05, 3.63) is 72.9 Å². The van der Waals surface area contributed by atoms with E-state index in [9.17, 15) is 0 Å². The summed E-state index contributed by atoms with van der Waals surface area (Å²) >= 11 is 0. The van der Waals surface area contributed by atoms with E-state index in [-0.39, 0.29) is 0 Å². The summed E-state index contributed by atoms with van der Waals surface area (Å²) in [5.74, 6) is 0.820. The molecule has 0 saturated heterocycles. The van der Waals surface area contributed by atoms with E-state index in [1.165, 1.54) is 0 Å². The number of H-pyrrole nitrogens is 1. The minimum Gasteiger partial charge on any atom is -0.397 e. The molecule has 4 heteroatoms. The van der Waals surface area contributed by atoms with Gasteiger partial charge in [0.1, 0.15) is 5.82 Å². The van der Waals surface area contributed by atoms with E-state index in [1.54, 1.807) is 0 Å². The predicted molar refractivity (Wildman–Crippen MR) is 95.7 cm³/mol. The molecule has 0 aliphatic carbocycles. The Hall–Kier alpha value is -3.27. The van der Waals surface area contributed by atoms with Crippen LogP contribution in [0.15, 0.2) is 72.9 Å². The molecule has 112 valence electrons.